The fourth-order valence-electron chi connectivity index (χ4n) is 3.28. The number of rotatable bonds is 8. The third kappa shape index (κ3) is 7.79. The lowest BCUT2D eigenvalue weighted by atomic mass is 9.97. The average Bonchev–Trinajstić information content (AvgIpc) is 2.94. The Morgan fingerprint density at radius 1 is 1.36 bits per heavy atom. The first-order valence-corrected chi connectivity index (χ1v) is 12.0. The third-order valence-corrected chi connectivity index (χ3v) is 6.20. The van der Waals surface area contributed by atoms with Crippen molar-refractivity contribution in [2.75, 3.05) is 38.7 Å². The number of aromatic nitrogens is 1. The molecule has 160 valence electrons. The van der Waals surface area contributed by atoms with Gasteiger partial charge >= 0.3 is 0 Å². The van der Waals surface area contributed by atoms with Crippen LogP contribution in [0.4, 0.5) is 0 Å². The minimum atomic E-state index is -2.94. The van der Waals surface area contributed by atoms with E-state index in [9.17, 15) is 8.42 Å². The number of aryl methyl sites for hydroxylation is 2. The molecule has 1 saturated heterocycles. The molecule has 0 amide bonds. The standard InChI is InChI=1S/C19H35N5O3S/c1-14(8-11-28(5,25)26)22-19(20-4)21-12-17-6-9-24(10-7-17)13-18-23-15(2)16(3)27-18/h14,17H,6-13H2,1-5H3,(H2,20,21,22). The predicted octanol–water partition coefficient (Wildman–Crippen LogP) is 1.49. The normalized spacial score (nSPS) is 18.2. The number of oxazole rings is 1. The molecule has 28 heavy (non-hydrogen) atoms. The molecule has 0 radical (unpaired) electrons. The van der Waals surface area contributed by atoms with Crippen molar-refractivity contribution < 1.29 is 12.8 Å². The van der Waals surface area contributed by atoms with Crippen molar-refractivity contribution in [2.24, 2.45) is 10.9 Å². The number of guanidine groups is 1. The van der Waals surface area contributed by atoms with Gasteiger partial charge < -0.3 is 15.1 Å². The summed E-state index contributed by atoms with van der Waals surface area (Å²) in [4.78, 5) is 11.1. The van der Waals surface area contributed by atoms with Gasteiger partial charge in [-0.25, -0.2) is 13.4 Å². The van der Waals surface area contributed by atoms with Gasteiger partial charge in [0.2, 0.25) is 5.89 Å². The highest BCUT2D eigenvalue weighted by Gasteiger charge is 2.21. The molecule has 1 aromatic rings. The molecule has 1 aliphatic rings. The zero-order chi connectivity index (χ0) is 20.7. The molecule has 1 fully saturated rings. The minimum absolute atomic E-state index is 0.0514. The lowest BCUT2D eigenvalue weighted by Gasteiger charge is -2.31. The molecular weight excluding hydrogens is 378 g/mol. The van der Waals surface area contributed by atoms with E-state index >= 15 is 0 Å². The Morgan fingerprint density at radius 2 is 2.04 bits per heavy atom. The van der Waals surface area contributed by atoms with Crippen LogP contribution in [0.1, 0.15) is 43.5 Å². The molecule has 0 aliphatic carbocycles. The Balaban J connectivity index is 1.68. The van der Waals surface area contributed by atoms with E-state index in [2.05, 4.69) is 25.5 Å². The van der Waals surface area contributed by atoms with E-state index in [1.54, 1.807) is 7.05 Å². The fraction of sp³-hybridized carbons (Fsp3) is 0.789. The van der Waals surface area contributed by atoms with Gasteiger partial charge in [-0.3, -0.25) is 9.89 Å². The van der Waals surface area contributed by atoms with E-state index in [1.165, 1.54) is 6.26 Å². The summed E-state index contributed by atoms with van der Waals surface area (Å²) >= 11 is 0. The maximum atomic E-state index is 11.3. The largest absolute Gasteiger partial charge is 0.444 e. The van der Waals surface area contributed by atoms with Crippen molar-refractivity contribution >= 4 is 15.8 Å². The average molecular weight is 414 g/mol. The first kappa shape index (κ1) is 22.7. The Kier molecular flexibility index (Phi) is 8.30. The summed E-state index contributed by atoms with van der Waals surface area (Å²) < 4.78 is 28.3. The van der Waals surface area contributed by atoms with Crippen LogP contribution in [0.5, 0.6) is 0 Å². The summed E-state index contributed by atoms with van der Waals surface area (Å²) in [6, 6.07) is 0.0514. The second-order valence-corrected chi connectivity index (χ2v) is 10.1. The number of nitrogens with zero attached hydrogens (tertiary/aromatic N) is 3. The van der Waals surface area contributed by atoms with Gasteiger partial charge in [0, 0.05) is 25.9 Å². The van der Waals surface area contributed by atoms with Crippen LogP contribution in [0.2, 0.25) is 0 Å². The highest BCUT2D eigenvalue weighted by atomic mass is 32.2. The molecule has 1 atom stereocenters. The van der Waals surface area contributed by atoms with Crippen LogP contribution >= 0.6 is 0 Å². The third-order valence-electron chi connectivity index (χ3n) is 5.23. The van der Waals surface area contributed by atoms with Crippen molar-refractivity contribution in [2.45, 2.75) is 52.6 Å². The summed E-state index contributed by atoms with van der Waals surface area (Å²) in [5.74, 6) is 3.21. The van der Waals surface area contributed by atoms with E-state index in [0.717, 1.165) is 62.3 Å². The van der Waals surface area contributed by atoms with Gasteiger partial charge in [0.15, 0.2) is 5.96 Å². The second-order valence-electron chi connectivity index (χ2n) is 7.89. The van der Waals surface area contributed by atoms with Gasteiger partial charge in [0.05, 0.1) is 18.0 Å². The van der Waals surface area contributed by atoms with Crippen LogP contribution < -0.4 is 10.6 Å². The van der Waals surface area contributed by atoms with E-state index < -0.39 is 9.84 Å². The fourth-order valence-corrected chi connectivity index (χ4v) is 4.06. The minimum Gasteiger partial charge on any atom is -0.444 e. The zero-order valence-corrected chi connectivity index (χ0v) is 18.6. The summed E-state index contributed by atoms with van der Waals surface area (Å²) in [5.41, 5.74) is 0.971. The van der Waals surface area contributed by atoms with Crippen molar-refractivity contribution in [3.05, 3.63) is 17.3 Å². The lowest BCUT2D eigenvalue weighted by Crippen LogP contribution is -2.45. The molecule has 1 aliphatic heterocycles. The van der Waals surface area contributed by atoms with E-state index in [0.29, 0.717) is 12.3 Å². The molecule has 1 unspecified atom stereocenters. The van der Waals surface area contributed by atoms with E-state index in [4.69, 9.17) is 4.42 Å². The number of piperidine rings is 1. The molecule has 0 spiro atoms. The maximum absolute atomic E-state index is 11.3. The SMILES string of the molecule is CN=C(NCC1CCN(Cc2nc(C)c(C)o2)CC1)NC(C)CCS(C)(=O)=O. The van der Waals surface area contributed by atoms with Crippen LogP contribution in [0.15, 0.2) is 9.41 Å². The van der Waals surface area contributed by atoms with Crippen LogP contribution in [0.3, 0.4) is 0 Å². The summed E-state index contributed by atoms with van der Waals surface area (Å²) in [6.07, 6.45) is 4.07. The topological polar surface area (TPSA) is 99.8 Å². The Hall–Kier alpha value is -1.61. The van der Waals surface area contributed by atoms with Crippen molar-refractivity contribution in [1.82, 2.24) is 20.5 Å². The van der Waals surface area contributed by atoms with Gasteiger partial charge in [-0.05, 0) is 59.0 Å². The van der Waals surface area contributed by atoms with Crippen LogP contribution in [-0.4, -0.2) is 69.0 Å². The molecule has 0 aromatic carbocycles. The molecule has 0 bridgehead atoms. The van der Waals surface area contributed by atoms with Crippen LogP contribution in [0.25, 0.3) is 0 Å². The molecule has 1 aromatic heterocycles. The van der Waals surface area contributed by atoms with Crippen molar-refractivity contribution in [1.29, 1.82) is 0 Å². The molecule has 2 N–H and O–H groups in total. The molecule has 9 heteroatoms. The zero-order valence-electron chi connectivity index (χ0n) is 17.8. The Bertz CT molecular complexity index is 732. The van der Waals surface area contributed by atoms with Gasteiger partial charge in [-0.1, -0.05) is 0 Å². The van der Waals surface area contributed by atoms with Crippen molar-refractivity contribution in [3.63, 3.8) is 0 Å². The van der Waals surface area contributed by atoms with Crippen LogP contribution in [0, 0.1) is 19.8 Å². The van der Waals surface area contributed by atoms with Gasteiger partial charge in [0.25, 0.3) is 0 Å². The Labute approximate surface area is 169 Å². The van der Waals surface area contributed by atoms with E-state index in [-0.39, 0.29) is 11.8 Å². The first-order chi connectivity index (χ1) is 13.2. The highest BCUT2D eigenvalue weighted by molar-refractivity contribution is 7.90. The summed E-state index contributed by atoms with van der Waals surface area (Å²) in [6.45, 7) is 9.60. The molecule has 0 saturated carbocycles. The molecule has 2 heterocycles. The second kappa shape index (κ2) is 10.2. The van der Waals surface area contributed by atoms with Gasteiger partial charge in [-0.2, -0.15) is 0 Å². The monoisotopic (exact) mass is 413 g/mol. The lowest BCUT2D eigenvalue weighted by molar-refractivity contribution is 0.164. The number of hydrogen-bond acceptors (Lipinski definition) is 6. The smallest absolute Gasteiger partial charge is 0.208 e. The van der Waals surface area contributed by atoms with E-state index in [1.807, 2.05) is 20.8 Å². The number of nitrogens with one attached hydrogen (secondary N) is 2. The molecule has 8 nitrogen and oxygen atoms in total. The molecule has 2 rings (SSSR count). The van der Waals surface area contributed by atoms with Crippen molar-refractivity contribution in [3.8, 4) is 0 Å². The number of aliphatic imine (C=N–C) groups is 1. The number of sulfone groups is 1. The van der Waals surface area contributed by atoms with Gasteiger partial charge in [0.1, 0.15) is 15.6 Å². The van der Waals surface area contributed by atoms with Crippen LogP contribution in [-0.2, 0) is 16.4 Å². The quantitative estimate of drug-likeness (QED) is 0.492. The first-order valence-electron chi connectivity index (χ1n) is 9.96. The highest BCUT2D eigenvalue weighted by Crippen LogP contribution is 2.19. The summed E-state index contributed by atoms with van der Waals surface area (Å²) in [7, 11) is -1.20. The number of hydrogen-bond donors (Lipinski definition) is 2. The predicted molar refractivity (Wildman–Crippen MR) is 112 cm³/mol. The summed E-state index contributed by atoms with van der Waals surface area (Å²) in [5, 5.41) is 6.65. The Morgan fingerprint density at radius 3 is 2.57 bits per heavy atom. The molecular formula is C19H35N5O3S. The maximum Gasteiger partial charge on any atom is 0.208 e. The number of likely N-dealkylation sites (tertiary alicyclic amines) is 1. The van der Waals surface area contributed by atoms with Gasteiger partial charge in [-0.15, -0.1) is 0 Å².